The summed E-state index contributed by atoms with van der Waals surface area (Å²) in [4.78, 5) is 3.82. The molecule has 1 heterocycles. The summed E-state index contributed by atoms with van der Waals surface area (Å²) >= 11 is 6.10. The topological polar surface area (TPSA) is 116 Å². The number of methoxy groups -OCH3 is 2. The summed E-state index contributed by atoms with van der Waals surface area (Å²) in [7, 11) is -0.771. The number of halogens is 1. The largest absolute Gasteiger partial charge is 0.493 e. The average Bonchev–Trinajstić information content (AvgIpc) is 2.54. The Balaban J connectivity index is 2.13. The molecule has 0 spiro atoms. The van der Waals surface area contributed by atoms with E-state index in [2.05, 4.69) is 15.5 Å². The molecule has 128 valence electrons. The number of ether oxygens (including phenoxy) is 2. The molecular weight excluding hydrogens is 356 g/mol. The van der Waals surface area contributed by atoms with Crippen LogP contribution in [-0.2, 0) is 10.0 Å². The fourth-order valence-electron chi connectivity index (χ4n) is 1.80. The summed E-state index contributed by atoms with van der Waals surface area (Å²) in [5.41, 5.74) is 3.34. The normalized spacial score (nSPS) is 11.5. The molecule has 1 aromatic heterocycles. The zero-order chi connectivity index (χ0) is 17.7. The molecule has 0 fully saturated rings. The van der Waals surface area contributed by atoms with Crippen molar-refractivity contribution in [1.82, 2.24) is 4.98 Å². The Morgan fingerprint density at radius 3 is 2.58 bits per heavy atom. The van der Waals surface area contributed by atoms with Crippen molar-refractivity contribution in [2.75, 3.05) is 19.6 Å². The van der Waals surface area contributed by atoms with E-state index in [-0.39, 0.29) is 4.90 Å². The molecule has 0 bridgehead atoms. The van der Waals surface area contributed by atoms with Gasteiger partial charge in [0.05, 0.1) is 25.5 Å². The highest BCUT2D eigenvalue weighted by Crippen LogP contribution is 2.35. The van der Waals surface area contributed by atoms with Crippen LogP contribution < -0.4 is 20.0 Å². The van der Waals surface area contributed by atoms with Crippen molar-refractivity contribution in [2.45, 2.75) is 4.90 Å². The van der Waals surface area contributed by atoms with Gasteiger partial charge in [0.25, 0.3) is 0 Å². The zero-order valence-electron chi connectivity index (χ0n) is 12.9. The fourth-order valence-corrected chi connectivity index (χ4v) is 2.55. The quantitative estimate of drug-likeness (QED) is 0.592. The highest BCUT2D eigenvalue weighted by atomic mass is 35.5. The second kappa shape index (κ2) is 7.47. The minimum atomic E-state index is -3.77. The lowest BCUT2D eigenvalue weighted by Gasteiger charge is -2.09. The predicted molar refractivity (Wildman–Crippen MR) is 91.4 cm³/mol. The number of hydrogen-bond donors (Lipinski definition) is 2. The number of nitrogens with two attached hydrogens (primary N) is 1. The molecule has 24 heavy (non-hydrogen) atoms. The van der Waals surface area contributed by atoms with Crippen molar-refractivity contribution >= 4 is 33.7 Å². The van der Waals surface area contributed by atoms with E-state index in [1.807, 2.05) is 0 Å². The number of aromatic nitrogens is 1. The second-order valence-electron chi connectivity index (χ2n) is 4.53. The predicted octanol–water partition coefficient (Wildman–Crippen LogP) is 1.85. The summed E-state index contributed by atoms with van der Waals surface area (Å²) in [6.45, 7) is 0. The fraction of sp³-hybridized carbons (Fsp3) is 0.143. The first kappa shape index (κ1) is 18.0. The van der Waals surface area contributed by atoms with Gasteiger partial charge in [0.15, 0.2) is 11.5 Å². The van der Waals surface area contributed by atoms with E-state index in [9.17, 15) is 8.42 Å². The summed E-state index contributed by atoms with van der Waals surface area (Å²) in [5.74, 6) is 1.26. The molecular formula is C14H15ClN4O4S. The number of rotatable bonds is 6. The second-order valence-corrected chi connectivity index (χ2v) is 6.50. The summed E-state index contributed by atoms with van der Waals surface area (Å²) in [5, 5.41) is 9.38. The number of hydrogen-bond acceptors (Lipinski definition) is 7. The lowest BCUT2D eigenvalue weighted by atomic mass is 10.2. The molecule has 10 heteroatoms. The summed E-state index contributed by atoms with van der Waals surface area (Å²) in [6, 6.07) is 6.13. The van der Waals surface area contributed by atoms with Crippen molar-refractivity contribution in [2.24, 2.45) is 10.2 Å². The molecule has 0 radical (unpaired) electrons. The molecule has 0 aliphatic rings. The maximum Gasteiger partial charge on any atom is 0.239 e. The number of nitrogens with one attached hydrogen (secondary N) is 1. The number of sulfonamides is 1. The van der Waals surface area contributed by atoms with Gasteiger partial charge in [-0.05, 0) is 29.8 Å². The minimum Gasteiger partial charge on any atom is -0.493 e. The number of anilines is 1. The van der Waals surface area contributed by atoms with Crippen LogP contribution in [-0.4, -0.2) is 33.8 Å². The lowest BCUT2D eigenvalue weighted by Crippen LogP contribution is -2.12. The molecule has 2 rings (SSSR count). The highest BCUT2D eigenvalue weighted by molar-refractivity contribution is 7.89. The van der Waals surface area contributed by atoms with Crippen molar-refractivity contribution in [3.05, 3.63) is 41.0 Å². The van der Waals surface area contributed by atoms with Crippen LogP contribution in [0.3, 0.4) is 0 Å². The van der Waals surface area contributed by atoms with Crippen LogP contribution in [0.15, 0.2) is 40.5 Å². The van der Waals surface area contributed by atoms with Gasteiger partial charge in [0.1, 0.15) is 10.7 Å². The molecule has 0 saturated heterocycles. The van der Waals surface area contributed by atoms with E-state index >= 15 is 0 Å². The third-order valence-electron chi connectivity index (χ3n) is 2.91. The first-order valence-corrected chi connectivity index (χ1v) is 8.47. The molecule has 1 aromatic carbocycles. The van der Waals surface area contributed by atoms with E-state index in [0.717, 1.165) is 6.20 Å². The maximum atomic E-state index is 11.1. The first-order valence-electron chi connectivity index (χ1n) is 6.54. The molecule has 3 N–H and O–H groups in total. The Bertz CT molecular complexity index is 854. The Kier molecular flexibility index (Phi) is 5.60. The van der Waals surface area contributed by atoms with Crippen molar-refractivity contribution in [3.8, 4) is 11.5 Å². The minimum absolute atomic E-state index is 0.0799. The maximum absolute atomic E-state index is 11.1. The van der Waals surface area contributed by atoms with Gasteiger partial charge in [-0.2, -0.15) is 5.10 Å². The van der Waals surface area contributed by atoms with Crippen molar-refractivity contribution < 1.29 is 17.9 Å². The molecule has 0 saturated carbocycles. The Hall–Kier alpha value is -2.36. The summed E-state index contributed by atoms with van der Waals surface area (Å²) < 4.78 is 32.6. The van der Waals surface area contributed by atoms with Gasteiger partial charge < -0.3 is 9.47 Å². The van der Waals surface area contributed by atoms with Crippen molar-refractivity contribution in [1.29, 1.82) is 0 Å². The van der Waals surface area contributed by atoms with E-state index in [1.165, 1.54) is 32.6 Å². The summed E-state index contributed by atoms with van der Waals surface area (Å²) in [6.07, 6.45) is 2.64. The highest BCUT2D eigenvalue weighted by Gasteiger charge is 2.10. The number of primary sulfonamides is 1. The van der Waals surface area contributed by atoms with Crippen LogP contribution in [0.2, 0.25) is 5.02 Å². The van der Waals surface area contributed by atoms with Gasteiger partial charge in [-0.15, -0.1) is 0 Å². The van der Waals surface area contributed by atoms with Crippen LogP contribution in [0.25, 0.3) is 0 Å². The van der Waals surface area contributed by atoms with Gasteiger partial charge in [0.2, 0.25) is 10.0 Å². The van der Waals surface area contributed by atoms with Gasteiger partial charge in [0, 0.05) is 6.20 Å². The number of hydrazone groups is 1. The Labute approximate surface area is 144 Å². The molecule has 0 amide bonds. The standard InChI is InChI=1S/C14H15ClN4O4S/c1-22-12-6-9(5-11(15)14(12)23-2)7-18-19-13-4-3-10(8-17-13)24(16,20)21/h3-8H,1-2H3,(H,17,19)(H2,16,20,21)/b18-7+. The zero-order valence-corrected chi connectivity index (χ0v) is 14.4. The molecule has 0 aliphatic carbocycles. The first-order chi connectivity index (χ1) is 11.3. The van der Waals surface area contributed by atoms with Gasteiger partial charge in [-0.25, -0.2) is 18.5 Å². The van der Waals surface area contributed by atoms with Gasteiger partial charge in [-0.1, -0.05) is 11.6 Å². The number of pyridine rings is 1. The molecule has 0 aliphatic heterocycles. The Morgan fingerprint density at radius 1 is 1.29 bits per heavy atom. The molecule has 2 aromatic rings. The van der Waals surface area contributed by atoms with Crippen molar-refractivity contribution in [3.63, 3.8) is 0 Å². The number of nitrogens with zero attached hydrogens (tertiary/aromatic N) is 2. The van der Waals surface area contributed by atoms with E-state index in [0.29, 0.717) is 27.9 Å². The Morgan fingerprint density at radius 2 is 2.04 bits per heavy atom. The van der Waals surface area contributed by atoms with Crippen LogP contribution in [0.1, 0.15) is 5.56 Å². The third-order valence-corrected chi connectivity index (χ3v) is 4.09. The van der Waals surface area contributed by atoms with Gasteiger partial charge in [-0.3, -0.25) is 5.43 Å². The van der Waals surface area contributed by atoms with E-state index in [1.54, 1.807) is 12.1 Å². The monoisotopic (exact) mass is 370 g/mol. The lowest BCUT2D eigenvalue weighted by molar-refractivity contribution is 0.355. The molecule has 0 atom stereocenters. The average molecular weight is 371 g/mol. The van der Waals surface area contributed by atoms with Crippen LogP contribution in [0, 0.1) is 0 Å². The molecule has 8 nitrogen and oxygen atoms in total. The van der Waals surface area contributed by atoms with Crippen LogP contribution in [0.4, 0.5) is 5.82 Å². The van der Waals surface area contributed by atoms with Gasteiger partial charge >= 0.3 is 0 Å². The number of benzene rings is 1. The SMILES string of the molecule is COc1cc(/C=N/Nc2ccc(S(N)(=O)=O)cn2)cc(Cl)c1OC. The van der Waals surface area contributed by atoms with Crippen LogP contribution in [0.5, 0.6) is 11.5 Å². The third kappa shape index (κ3) is 4.34. The van der Waals surface area contributed by atoms with E-state index < -0.39 is 10.0 Å². The smallest absolute Gasteiger partial charge is 0.239 e. The van der Waals surface area contributed by atoms with Crippen LogP contribution >= 0.6 is 11.6 Å². The molecule has 0 unspecified atom stereocenters. The van der Waals surface area contributed by atoms with E-state index in [4.69, 9.17) is 26.2 Å².